The Morgan fingerprint density at radius 2 is 0.455 bits per heavy atom. The molecule has 0 saturated heterocycles. The molecule has 5 heteroatoms. The maximum absolute atomic E-state index is 2.00. The van der Waals surface area contributed by atoms with Crippen LogP contribution in [0.5, 0.6) is 0 Å². The minimum atomic E-state index is 0. The maximum Gasteiger partial charge on any atom is 3.00 e. The van der Waals surface area contributed by atoms with E-state index in [1.54, 1.807) is 0 Å². The molecule has 0 N–H and O–H groups in total. The van der Waals surface area contributed by atoms with Crippen LogP contribution < -0.4 is 0 Å². The molecule has 1 rings (SSSR count). The second kappa shape index (κ2) is 22.5. The minimum Gasteiger partial charge on any atom is -2.00 e. The third-order valence-electron chi connectivity index (χ3n) is 0.667. The Labute approximate surface area is 117 Å². The molecule has 0 heterocycles. The average molecular weight is 304 g/mol. The summed E-state index contributed by atoms with van der Waals surface area (Å²) >= 11 is 0. The number of hydrogen-bond donors (Lipinski definition) is 0. The monoisotopic (exact) mass is 304 g/mol. The fraction of sp³-hybridized carbons (Fsp3) is 0. The molecule has 0 amide bonds. The first kappa shape index (κ1) is 29.5. The van der Waals surface area contributed by atoms with Crippen LogP contribution in [-0.2, 0) is 81.8 Å². The van der Waals surface area contributed by atoms with Gasteiger partial charge in [0, 0.05) is 0 Å². The standard InChI is InChI=1S/C6H6.3O.2Y/c1-2-4-6-5-3-1;;;;;/h1-6H;;;;;/q;3*-2;2*+3. The summed E-state index contributed by atoms with van der Waals surface area (Å²) in [5.41, 5.74) is 0. The zero-order valence-corrected chi connectivity index (χ0v) is 11.5. The van der Waals surface area contributed by atoms with Crippen molar-refractivity contribution in [3.05, 3.63) is 36.4 Å². The van der Waals surface area contributed by atoms with Gasteiger partial charge in [-0.3, -0.25) is 0 Å². The molecular weight excluding hydrogens is 298 g/mol. The minimum absolute atomic E-state index is 0. The van der Waals surface area contributed by atoms with Crippen molar-refractivity contribution in [1.29, 1.82) is 0 Å². The molecule has 0 spiro atoms. The molecule has 1 aromatic carbocycles. The van der Waals surface area contributed by atoms with Crippen LogP contribution in [0.2, 0.25) is 0 Å². The maximum atomic E-state index is 2.00. The normalized spacial score (nSPS) is 4.36. The largest absolute Gasteiger partial charge is 3.00 e. The molecule has 0 saturated carbocycles. The zero-order valence-electron chi connectivity index (χ0n) is 5.84. The summed E-state index contributed by atoms with van der Waals surface area (Å²) in [4.78, 5) is 0. The van der Waals surface area contributed by atoms with E-state index in [0.717, 1.165) is 0 Å². The van der Waals surface area contributed by atoms with Gasteiger partial charge in [-0.05, 0) is 0 Å². The second-order valence-electron chi connectivity index (χ2n) is 1.15. The average Bonchev–Trinajstić information content (AvgIpc) is 1.72. The van der Waals surface area contributed by atoms with Gasteiger partial charge in [-0.15, -0.1) is 0 Å². The summed E-state index contributed by atoms with van der Waals surface area (Å²) < 4.78 is 0. The van der Waals surface area contributed by atoms with Crippen molar-refractivity contribution in [2.45, 2.75) is 0 Å². The summed E-state index contributed by atoms with van der Waals surface area (Å²) in [5.74, 6) is 0. The van der Waals surface area contributed by atoms with Gasteiger partial charge in [0.05, 0.1) is 0 Å². The van der Waals surface area contributed by atoms with E-state index in [9.17, 15) is 0 Å². The van der Waals surface area contributed by atoms with E-state index in [-0.39, 0.29) is 81.8 Å². The Morgan fingerprint density at radius 1 is 0.364 bits per heavy atom. The Kier molecular flexibility index (Phi) is 60.3. The van der Waals surface area contributed by atoms with E-state index in [2.05, 4.69) is 0 Å². The van der Waals surface area contributed by atoms with Gasteiger partial charge in [0.1, 0.15) is 0 Å². The first-order chi connectivity index (χ1) is 3.00. The third kappa shape index (κ3) is 18.3. The summed E-state index contributed by atoms with van der Waals surface area (Å²) in [6.45, 7) is 0. The predicted molar refractivity (Wildman–Crippen MR) is 28.5 cm³/mol. The van der Waals surface area contributed by atoms with Crippen molar-refractivity contribution in [2.24, 2.45) is 0 Å². The summed E-state index contributed by atoms with van der Waals surface area (Å²) in [6.07, 6.45) is 0. The fourth-order valence-electron chi connectivity index (χ4n) is 0.385. The van der Waals surface area contributed by atoms with Crippen LogP contribution >= 0.6 is 0 Å². The van der Waals surface area contributed by atoms with E-state index in [1.807, 2.05) is 36.4 Å². The Morgan fingerprint density at radius 3 is 0.545 bits per heavy atom. The first-order valence-corrected chi connectivity index (χ1v) is 2.00. The molecule has 1 aromatic rings. The van der Waals surface area contributed by atoms with Crippen molar-refractivity contribution in [3.8, 4) is 0 Å². The van der Waals surface area contributed by atoms with Crippen LogP contribution in [-0.4, -0.2) is 0 Å². The Hall–Kier alpha value is 1.31. The quantitative estimate of drug-likeness (QED) is 0.692. The van der Waals surface area contributed by atoms with Gasteiger partial charge in [-0.2, -0.15) is 0 Å². The molecule has 0 radical (unpaired) electrons. The van der Waals surface area contributed by atoms with Crippen LogP contribution in [0.1, 0.15) is 0 Å². The molecule has 0 aliphatic rings. The van der Waals surface area contributed by atoms with Crippen molar-refractivity contribution < 1.29 is 81.8 Å². The van der Waals surface area contributed by atoms with Gasteiger partial charge in [0.2, 0.25) is 0 Å². The molecular formula is C6H6O3Y2. The van der Waals surface area contributed by atoms with Crippen LogP contribution in [0, 0.1) is 0 Å². The second-order valence-corrected chi connectivity index (χ2v) is 1.15. The molecule has 0 atom stereocenters. The molecule has 0 aromatic heterocycles. The van der Waals surface area contributed by atoms with Gasteiger partial charge in [0.25, 0.3) is 0 Å². The topological polar surface area (TPSA) is 85.5 Å². The smallest absolute Gasteiger partial charge is 2.00 e. The summed E-state index contributed by atoms with van der Waals surface area (Å²) in [6, 6.07) is 12.0. The van der Waals surface area contributed by atoms with Gasteiger partial charge in [-0.25, -0.2) is 0 Å². The number of rotatable bonds is 0. The number of benzene rings is 1. The number of hydrogen-bond acceptors (Lipinski definition) is 0. The molecule has 0 aliphatic carbocycles. The SMILES string of the molecule is [O-2].[O-2].[O-2].[Y+3].[Y+3].c1ccccc1. The van der Waals surface area contributed by atoms with Crippen molar-refractivity contribution >= 4 is 0 Å². The molecule has 0 bridgehead atoms. The van der Waals surface area contributed by atoms with Crippen LogP contribution in [0.3, 0.4) is 0 Å². The first-order valence-electron chi connectivity index (χ1n) is 2.00. The van der Waals surface area contributed by atoms with E-state index < -0.39 is 0 Å². The van der Waals surface area contributed by atoms with Gasteiger partial charge in [0.15, 0.2) is 0 Å². The molecule has 0 aliphatic heterocycles. The van der Waals surface area contributed by atoms with Crippen LogP contribution in [0.25, 0.3) is 0 Å². The molecule has 0 unspecified atom stereocenters. The van der Waals surface area contributed by atoms with Gasteiger partial charge in [-0.1, -0.05) is 36.4 Å². The van der Waals surface area contributed by atoms with Crippen LogP contribution in [0.4, 0.5) is 0 Å². The molecule has 54 valence electrons. The van der Waals surface area contributed by atoms with Crippen LogP contribution in [0.15, 0.2) is 36.4 Å². The zero-order chi connectivity index (χ0) is 4.24. The van der Waals surface area contributed by atoms with E-state index >= 15 is 0 Å². The fourth-order valence-corrected chi connectivity index (χ4v) is 0.385. The van der Waals surface area contributed by atoms with Gasteiger partial charge < -0.3 is 16.4 Å². The summed E-state index contributed by atoms with van der Waals surface area (Å²) in [5, 5.41) is 0. The van der Waals surface area contributed by atoms with Crippen molar-refractivity contribution in [1.82, 2.24) is 0 Å². The summed E-state index contributed by atoms with van der Waals surface area (Å²) in [7, 11) is 0. The van der Waals surface area contributed by atoms with Crippen molar-refractivity contribution in [2.75, 3.05) is 0 Å². The Balaban J connectivity index is -0.0000000240. The molecule has 0 fully saturated rings. The van der Waals surface area contributed by atoms with E-state index in [0.29, 0.717) is 0 Å². The molecule has 11 heavy (non-hydrogen) atoms. The molecule has 3 nitrogen and oxygen atoms in total. The van der Waals surface area contributed by atoms with Crippen molar-refractivity contribution in [3.63, 3.8) is 0 Å². The van der Waals surface area contributed by atoms with E-state index in [4.69, 9.17) is 0 Å². The predicted octanol–water partition coefficient (Wildman–Crippen LogP) is 1.33. The Bertz CT molecular complexity index is 87.8. The third-order valence-corrected chi connectivity index (χ3v) is 0.667. The van der Waals surface area contributed by atoms with E-state index in [1.165, 1.54) is 0 Å². The van der Waals surface area contributed by atoms with Gasteiger partial charge >= 0.3 is 65.4 Å².